The summed E-state index contributed by atoms with van der Waals surface area (Å²) in [6, 6.07) is 14.0. The van der Waals surface area contributed by atoms with Crippen molar-refractivity contribution >= 4 is 23.5 Å². The molecule has 0 spiro atoms. The van der Waals surface area contributed by atoms with E-state index < -0.39 is 12.1 Å². The zero-order chi connectivity index (χ0) is 19.9. The minimum Gasteiger partial charge on any atom is -0.496 e. The monoisotopic (exact) mass is 403 g/mol. The maximum absolute atomic E-state index is 13.0. The first-order chi connectivity index (χ1) is 13.6. The number of methoxy groups -OCH3 is 1. The quantitative estimate of drug-likeness (QED) is 0.693. The Morgan fingerprint density at radius 2 is 1.86 bits per heavy atom. The summed E-state index contributed by atoms with van der Waals surface area (Å²) >= 11 is 6.03. The number of morpholine rings is 1. The van der Waals surface area contributed by atoms with Crippen LogP contribution >= 0.6 is 11.6 Å². The second kappa shape index (κ2) is 9.57. The summed E-state index contributed by atoms with van der Waals surface area (Å²) in [5.41, 5.74) is 1.23. The van der Waals surface area contributed by atoms with Gasteiger partial charge in [-0.2, -0.15) is 0 Å². The number of halogens is 1. The lowest BCUT2D eigenvalue weighted by Gasteiger charge is -2.30. The molecule has 1 heterocycles. The lowest BCUT2D eigenvalue weighted by atomic mass is 10.1. The van der Waals surface area contributed by atoms with Gasteiger partial charge in [-0.1, -0.05) is 41.9 Å². The average Bonchev–Trinajstić information content (AvgIpc) is 2.73. The van der Waals surface area contributed by atoms with E-state index in [1.807, 2.05) is 18.2 Å². The van der Waals surface area contributed by atoms with Crippen LogP contribution in [0.2, 0.25) is 5.02 Å². The summed E-state index contributed by atoms with van der Waals surface area (Å²) in [6.07, 6.45) is -1.05. The fourth-order valence-corrected chi connectivity index (χ4v) is 3.25. The van der Waals surface area contributed by atoms with Crippen LogP contribution in [0, 0.1) is 0 Å². The molecule has 1 fully saturated rings. The largest absolute Gasteiger partial charge is 0.496 e. The molecule has 1 atom stereocenters. The first-order valence-electron chi connectivity index (χ1n) is 9.02. The van der Waals surface area contributed by atoms with Gasteiger partial charge in [-0.3, -0.25) is 9.59 Å². The third kappa shape index (κ3) is 5.03. The number of carbonyl (C=O) groups excluding carboxylic acids is 2. The van der Waals surface area contributed by atoms with E-state index in [0.29, 0.717) is 48.2 Å². The van der Waals surface area contributed by atoms with E-state index in [9.17, 15) is 9.59 Å². The Balaban J connectivity index is 1.78. The van der Waals surface area contributed by atoms with Crippen molar-refractivity contribution in [2.45, 2.75) is 12.5 Å². The number of rotatable bonds is 6. The average molecular weight is 404 g/mol. The Kier molecular flexibility index (Phi) is 6.90. The van der Waals surface area contributed by atoms with Gasteiger partial charge in [0.2, 0.25) is 6.10 Å². The second-order valence-electron chi connectivity index (χ2n) is 6.35. The van der Waals surface area contributed by atoms with Crippen LogP contribution in [0.4, 0.5) is 0 Å². The van der Waals surface area contributed by atoms with E-state index in [-0.39, 0.29) is 12.3 Å². The van der Waals surface area contributed by atoms with Crippen molar-refractivity contribution in [1.29, 1.82) is 0 Å². The highest BCUT2D eigenvalue weighted by atomic mass is 35.5. The lowest BCUT2D eigenvalue weighted by Crippen LogP contribution is -2.44. The molecule has 0 bridgehead atoms. The summed E-state index contributed by atoms with van der Waals surface area (Å²) in [6.45, 7) is 1.89. The molecule has 0 aliphatic carbocycles. The van der Waals surface area contributed by atoms with Crippen LogP contribution in [-0.4, -0.2) is 50.2 Å². The molecule has 0 unspecified atom stereocenters. The molecule has 148 valence electrons. The minimum atomic E-state index is -1.00. The van der Waals surface area contributed by atoms with Crippen LogP contribution in [0.5, 0.6) is 5.75 Å². The SMILES string of the molecule is COc1ccc(Cl)cc1CC(=O)O[C@H](C(=O)N1CCOCC1)c1ccccc1. The number of carbonyl (C=O) groups is 2. The highest BCUT2D eigenvalue weighted by Crippen LogP contribution is 2.26. The molecule has 1 aliphatic rings. The van der Waals surface area contributed by atoms with Gasteiger partial charge < -0.3 is 19.1 Å². The van der Waals surface area contributed by atoms with Crippen LogP contribution in [0.1, 0.15) is 17.2 Å². The molecule has 2 aromatic carbocycles. The first-order valence-corrected chi connectivity index (χ1v) is 9.39. The van der Waals surface area contributed by atoms with Gasteiger partial charge in [-0.25, -0.2) is 0 Å². The molecule has 28 heavy (non-hydrogen) atoms. The van der Waals surface area contributed by atoms with Crippen molar-refractivity contribution in [3.05, 3.63) is 64.7 Å². The number of nitrogens with zero attached hydrogens (tertiary/aromatic N) is 1. The van der Waals surface area contributed by atoms with E-state index in [1.54, 1.807) is 35.2 Å². The third-order valence-electron chi connectivity index (χ3n) is 4.48. The van der Waals surface area contributed by atoms with E-state index in [1.165, 1.54) is 7.11 Å². The minimum absolute atomic E-state index is 0.0521. The van der Waals surface area contributed by atoms with E-state index >= 15 is 0 Å². The predicted molar refractivity (Wildman–Crippen MR) is 104 cm³/mol. The van der Waals surface area contributed by atoms with Crippen LogP contribution in [0.25, 0.3) is 0 Å². The van der Waals surface area contributed by atoms with Crippen LogP contribution in [0.3, 0.4) is 0 Å². The van der Waals surface area contributed by atoms with Gasteiger partial charge >= 0.3 is 5.97 Å². The number of esters is 1. The molecule has 0 N–H and O–H groups in total. The Morgan fingerprint density at radius 3 is 2.54 bits per heavy atom. The Morgan fingerprint density at radius 1 is 1.14 bits per heavy atom. The van der Waals surface area contributed by atoms with Crippen molar-refractivity contribution in [3.63, 3.8) is 0 Å². The molecule has 6 nitrogen and oxygen atoms in total. The summed E-state index contributed by atoms with van der Waals surface area (Å²) < 4.78 is 16.2. The molecule has 1 saturated heterocycles. The van der Waals surface area contributed by atoms with Crippen molar-refractivity contribution in [1.82, 2.24) is 4.90 Å². The molecule has 3 rings (SSSR count). The first kappa shape index (κ1) is 20.2. The highest BCUT2D eigenvalue weighted by Gasteiger charge is 2.30. The van der Waals surface area contributed by atoms with Gasteiger partial charge in [0.25, 0.3) is 5.91 Å². The lowest BCUT2D eigenvalue weighted by molar-refractivity contribution is -0.162. The zero-order valence-electron chi connectivity index (χ0n) is 15.6. The molecular formula is C21H22ClNO5. The summed E-state index contributed by atoms with van der Waals surface area (Å²) in [5, 5.41) is 0.493. The van der Waals surface area contributed by atoms with Gasteiger partial charge in [0.05, 0.1) is 26.7 Å². The smallest absolute Gasteiger partial charge is 0.311 e. The van der Waals surface area contributed by atoms with Crippen LogP contribution < -0.4 is 4.74 Å². The van der Waals surface area contributed by atoms with E-state index in [0.717, 1.165) is 0 Å². The van der Waals surface area contributed by atoms with Crippen molar-refractivity contribution < 1.29 is 23.8 Å². The number of amides is 1. The molecule has 0 saturated carbocycles. The highest BCUT2D eigenvalue weighted by molar-refractivity contribution is 6.30. The number of benzene rings is 2. The van der Waals surface area contributed by atoms with Gasteiger partial charge in [0.15, 0.2) is 0 Å². The summed E-state index contributed by atoms with van der Waals surface area (Å²) in [5.74, 6) is -0.242. The maximum atomic E-state index is 13.0. The van der Waals surface area contributed by atoms with Crippen molar-refractivity contribution in [2.75, 3.05) is 33.4 Å². The topological polar surface area (TPSA) is 65.1 Å². The zero-order valence-corrected chi connectivity index (χ0v) is 16.4. The van der Waals surface area contributed by atoms with Gasteiger partial charge in [0.1, 0.15) is 5.75 Å². The fraction of sp³-hybridized carbons (Fsp3) is 0.333. The molecule has 1 amide bonds. The molecule has 1 aliphatic heterocycles. The normalized spacial score (nSPS) is 15.0. The van der Waals surface area contributed by atoms with E-state index in [2.05, 4.69) is 0 Å². The molecular weight excluding hydrogens is 382 g/mol. The third-order valence-corrected chi connectivity index (χ3v) is 4.71. The van der Waals surface area contributed by atoms with Crippen molar-refractivity contribution in [3.8, 4) is 5.75 Å². The van der Waals surface area contributed by atoms with E-state index in [4.69, 9.17) is 25.8 Å². The summed E-state index contributed by atoms with van der Waals surface area (Å²) in [7, 11) is 1.52. The number of hydrogen-bond donors (Lipinski definition) is 0. The Hall–Kier alpha value is -2.57. The fourth-order valence-electron chi connectivity index (χ4n) is 3.05. The molecule has 2 aromatic rings. The van der Waals surface area contributed by atoms with Crippen LogP contribution in [-0.2, 0) is 25.5 Å². The maximum Gasteiger partial charge on any atom is 0.311 e. The Bertz CT molecular complexity index is 821. The van der Waals surface area contributed by atoms with Crippen LogP contribution in [0.15, 0.2) is 48.5 Å². The van der Waals surface area contributed by atoms with Gasteiger partial charge in [-0.05, 0) is 18.2 Å². The second-order valence-corrected chi connectivity index (χ2v) is 6.79. The molecule has 0 aromatic heterocycles. The predicted octanol–water partition coefficient (Wildman–Crippen LogP) is 3.03. The molecule has 7 heteroatoms. The van der Waals surface area contributed by atoms with Crippen molar-refractivity contribution in [2.24, 2.45) is 0 Å². The van der Waals surface area contributed by atoms with Gasteiger partial charge in [0, 0.05) is 29.2 Å². The standard InChI is InChI=1S/C21H22ClNO5/c1-26-18-8-7-17(22)13-16(18)14-19(24)28-20(15-5-3-2-4-6-15)21(25)23-9-11-27-12-10-23/h2-8,13,20H,9-12,14H2,1H3/t20-/m0/s1. The summed E-state index contributed by atoms with van der Waals surface area (Å²) in [4.78, 5) is 27.3. The van der Waals surface area contributed by atoms with Gasteiger partial charge in [-0.15, -0.1) is 0 Å². The number of ether oxygens (including phenoxy) is 3. The molecule has 0 radical (unpaired) electrons. The number of hydrogen-bond acceptors (Lipinski definition) is 5. The Labute approximate surface area is 168 Å².